The number of thiazole rings is 1. The van der Waals surface area contributed by atoms with Gasteiger partial charge in [0.2, 0.25) is 0 Å². The summed E-state index contributed by atoms with van der Waals surface area (Å²) in [6.45, 7) is 7.08. The van der Waals surface area contributed by atoms with Crippen LogP contribution in [0.15, 0.2) is 42.5 Å². The fourth-order valence-electron chi connectivity index (χ4n) is 3.77. The molecule has 3 aromatic rings. The Bertz CT molecular complexity index is 1070. The fraction of sp³-hybridized carbons (Fsp3) is 0.440. The van der Waals surface area contributed by atoms with Crippen LogP contribution in [0.4, 0.5) is 9.52 Å². The van der Waals surface area contributed by atoms with Crippen LogP contribution < -0.4 is 9.64 Å². The number of amides is 1. The van der Waals surface area contributed by atoms with Crippen molar-refractivity contribution in [3.05, 3.63) is 53.8 Å². The molecular formula is C25H30FN3O3S. The van der Waals surface area contributed by atoms with Crippen molar-refractivity contribution >= 4 is 32.6 Å². The maximum atomic E-state index is 13.7. The van der Waals surface area contributed by atoms with Crippen molar-refractivity contribution < 1.29 is 18.7 Å². The lowest BCUT2D eigenvalue weighted by atomic mass is 10.2. The number of aromatic nitrogens is 1. The summed E-state index contributed by atoms with van der Waals surface area (Å²) in [6, 6.07) is 11.8. The zero-order valence-corrected chi connectivity index (χ0v) is 19.8. The van der Waals surface area contributed by atoms with Crippen LogP contribution in [-0.2, 0) is 4.74 Å². The summed E-state index contributed by atoms with van der Waals surface area (Å²) in [5.41, 5.74) is 1.24. The molecule has 8 heteroatoms. The highest BCUT2D eigenvalue weighted by atomic mass is 32.1. The third kappa shape index (κ3) is 6.28. The number of hydrogen-bond acceptors (Lipinski definition) is 6. The first kappa shape index (κ1) is 23.6. The first-order chi connectivity index (χ1) is 16.1. The van der Waals surface area contributed by atoms with Gasteiger partial charge in [0.05, 0.1) is 30.0 Å². The highest BCUT2D eigenvalue weighted by Crippen LogP contribution is 2.30. The third-order valence-electron chi connectivity index (χ3n) is 5.66. The summed E-state index contributed by atoms with van der Waals surface area (Å²) in [5, 5.41) is 0.572. The van der Waals surface area contributed by atoms with Gasteiger partial charge in [-0.2, -0.15) is 0 Å². The Labute approximate surface area is 197 Å². The van der Waals surface area contributed by atoms with Crippen LogP contribution in [-0.4, -0.2) is 61.8 Å². The molecule has 1 saturated heterocycles. The number of fused-ring (bicyclic) bond motifs is 1. The number of benzene rings is 2. The van der Waals surface area contributed by atoms with E-state index in [2.05, 4.69) is 16.8 Å². The maximum Gasteiger partial charge on any atom is 0.260 e. The average Bonchev–Trinajstić information content (AvgIpc) is 3.25. The van der Waals surface area contributed by atoms with E-state index in [1.165, 1.54) is 23.5 Å². The van der Waals surface area contributed by atoms with Crippen molar-refractivity contribution in [1.82, 2.24) is 9.88 Å². The minimum atomic E-state index is -0.309. The van der Waals surface area contributed by atoms with Crippen LogP contribution in [0.3, 0.4) is 0 Å². The molecule has 0 aliphatic carbocycles. The Morgan fingerprint density at radius 1 is 1.21 bits per heavy atom. The number of carbonyl (C=O) groups is 1. The monoisotopic (exact) mass is 471 g/mol. The molecule has 0 saturated carbocycles. The Kier molecular flexibility index (Phi) is 8.25. The van der Waals surface area contributed by atoms with E-state index in [0.717, 1.165) is 37.1 Å². The lowest BCUT2D eigenvalue weighted by Gasteiger charge is -2.29. The number of anilines is 1. The molecule has 0 bridgehead atoms. The van der Waals surface area contributed by atoms with Gasteiger partial charge in [0.1, 0.15) is 11.6 Å². The lowest BCUT2D eigenvalue weighted by Crippen LogP contribution is -2.43. The average molecular weight is 472 g/mol. The topological polar surface area (TPSA) is 54.9 Å². The summed E-state index contributed by atoms with van der Waals surface area (Å²) in [5.74, 6) is 0.245. The van der Waals surface area contributed by atoms with Gasteiger partial charge in [-0.15, -0.1) is 0 Å². The van der Waals surface area contributed by atoms with Crippen LogP contribution in [0.2, 0.25) is 0 Å². The zero-order valence-electron chi connectivity index (χ0n) is 19.0. The van der Waals surface area contributed by atoms with Gasteiger partial charge in [0.25, 0.3) is 5.91 Å². The van der Waals surface area contributed by atoms with Gasteiger partial charge in [-0.3, -0.25) is 14.6 Å². The quantitative estimate of drug-likeness (QED) is 0.390. The molecule has 6 nitrogen and oxygen atoms in total. The van der Waals surface area contributed by atoms with Crippen molar-refractivity contribution in [3.63, 3.8) is 0 Å². The summed E-state index contributed by atoms with van der Waals surface area (Å²) in [6.07, 6.45) is 3.24. The SMILES string of the molecule is CCCCCOc1cccc(C(=O)N(CCN2CCOCC2)c2nc3ccc(F)cc3s2)c1. The molecule has 0 N–H and O–H groups in total. The van der Waals surface area contributed by atoms with Crippen LogP contribution in [0.5, 0.6) is 5.75 Å². The number of hydrogen-bond donors (Lipinski definition) is 0. The fourth-order valence-corrected chi connectivity index (χ4v) is 4.78. The summed E-state index contributed by atoms with van der Waals surface area (Å²) >= 11 is 1.33. The van der Waals surface area contributed by atoms with Gasteiger partial charge in [-0.05, 0) is 42.8 Å². The summed E-state index contributed by atoms with van der Waals surface area (Å²) < 4.78 is 25.7. The molecule has 2 aromatic carbocycles. The van der Waals surface area contributed by atoms with Gasteiger partial charge in [0, 0.05) is 31.7 Å². The van der Waals surface area contributed by atoms with E-state index in [-0.39, 0.29) is 11.7 Å². The second kappa shape index (κ2) is 11.5. The van der Waals surface area contributed by atoms with Crippen molar-refractivity contribution in [3.8, 4) is 5.75 Å². The summed E-state index contributed by atoms with van der Waals surface area (Å²) in [4.78, 5) is 22.2. The molecule has 0 unspecified atom stereocenters. The molecule has 33 heavy (non-hydrogen) atoms. The van der Waals surface area contributed by atoms with E-state index in [1.54, 1.807) is 23.1 Å². The maximum absolute atomic E-state index is 13.7. The Morgan fingerprint density at radius 2 is 2.06 bits per heavy atom. The van der Waals surface area contributed by atoms with Gasteiger partial charge >= 0.3 is 0 Å². The molecule has 0 spiro atoms. The number of rotatable bonds is 10. The minimum absolute atomic E-state index is 0.137. The van der Waals surface area contributed by atoms with Crippen LogP contribution in [0.25, 0.3) is 10.2 Å². The Hall–Kier alpha value is -2.55. The Morgan fingerprint density at radius 3 is 2.88 bits per heavy atom. The molecule has 176 valence electrons. The Balaban J connectivity index is 1.55. The highest BCUT2D eigenvalue weighted by Gasteiger charge is 2.23. The molecule has 1 amide bonds. The van der Waals surface area contributed by atoms with Crippen molar-refractivity contribution in [2.24, 2.45) is 0 Å². The van der Waals surface area contributed by atoms with Crippen molar-refractivity contribution in [2.45, 2.75) is 26.2 Å². The molecule has 2 heterocycles. The minimum Gasteiger partial charge on any atom is -0.494 e. The number of halogens is 1. The molecular weight excluding hydrogens is 441 g/mol. The first-order valence-corrected chi connectivity index (χ1v) is 12.4. The molecule has 0 radical (unpaired) electrons. The summed E-state index contributed by atoms with van der Waals surface area (Å²) in [7, 11) is 0. The van der Waals surface area contributed by atoms with Crippen LogP contribution in [0.1, 0.15) is 36.5 Å². The largest absolute Gasteiger partial charge is 0.494 e. The van der Waals surface area contributed by atoms with E-state index in [9.17, 15) is 9.18 Å². The second-order valence-corrected chi connectivity index (χ2v) is 9.11. The molecule has 1 fully saturated rings. The van der Waals surface area contributed by atoms with Crippen molar-refractivity contribution in [1.29, 1.82) is 0 Å². The normalized spacial score (nSPS) is 14.5. The number of morpholine rings is 1. The third-order valence-corrected chi connectivity index (χ3v) is 6.70. The standard InChI is InChI=1S/C25H30FN3O3S/c1-2-3-4-14-32-21-7-5-6-19(17-21)24(30)29(11-10-28-12-15-31-16-13-28)25-27-22-9-8-20(26)18-23(22)33-25/h5-9,17-18H,2-4,10-16H2,1H3. The smallest absolute Gasteiger partial charge is 0.260 e. The van der Waals surface area contributed by atoms with Gasteiger partial charge in [-0.25, -0.2) is 9.37 Å². The molecule has 1 aliphatic rings. The predicted octanol–water partition coefficient (Wildman–Crippen LogP) is 4.98. The molecule has 1 aliphatic heterocycles. The van der Waals surface area contributed by atoms with Gasteiger partial charge in [-0.1, -0.05) is 37.2 Å². The van der Waals surface area contributed by atoms with Gasteiger partial charge in [0.15, 0.2) is 5.13 Å². The number of unbranched alkanes of at least 4 members (excludes halogenated alkanes) is 2. The zero-order chi connectivity index (χ0) is 23.0. The number of carbonyl (C=O) groups excluding carboxylic acids is 1. The number of ether oxygens (including phenoxy) is 2. The molecule has 1 aromatic heterocycles. The van der Waals surface area contributed by atoms with Gasteiger partial charge < -0.3 is 9.47 Å². The first-order valence-electron chi connectivity index (χ1n) is 11.5. The van der Waals surface area contributed by atoms with Crippen LogP contribution >= 0.6 is 11.3 Å². The van der Waals surface area contributed by atoms with E-state index in [4.69, 9.17) is 9.47 Å². The molecule has 0 atom stereocenters. The lowest BCUT2D eigenvalue weighted by molar-refractivity contribution is 0.0391. The highest BCUT2D eigenvalue weighted by molar-refractivity contribution is 7.22. The van der Waals surface area contributed by atoms with E-state index in [0.29, 0.717) is 54.9 Å². The van der Waals surface area contributed by atoms with E-state index in [1.807, 2.05) is 12.1 Å². The van der Waals surface area contributed by atoms with E-state index >= 15 is 0 Å². The number of nitrogens with zero attached hydrogens (tertiary/aromatic N) is 3. The van der Waals surface area contributed by atoms with Crippen LogP contribution in [0, 0.1) is 5.82 Å². The van der Waals surface area contributed by atoms with Crippen molar-refractivity contribution in [2.75, 3.05) is 50.9 Å². The second-order valence-electron chi connectivity index (χ2n) is 8.10. The predicted molar refractivity (Wildman–Crippen MR) is 130 cm³/mol. The van der Waals surface area contributed by atoms with E-state index < -0.39 is 0 Å². The molecule has 4 rings (SSSR count).